The third-order valence-corrected chi connectivity index (χ3v) is 6.72. The minimum atomic E-state index is -0.339. The van der Waals surface area contributed by atoms with E-state index in [1.165, 1.54) is 27.8 Å². The molecule has 2 heteroatoms. The van der Waals surface area contributed by atoms with Crippen molar-refractivity contribution < 1.29 is 4.74 Å². The van der Waals surface area contributed by atoms with E-state index in [1.807, 2.05) is 0 Å². The fourth-order valence-corrected chi connectivity index (χ4v) is 5.63. The fraction of sp³-hybridized carbons (Fsp3) is 0.333. The molecule has 0 bridgehead atoms. The first kappa shape index (κ1) is 18.6. The van der Waals surface area contributed by atoms with E-state index in [9.17, 15) is 0 Å². The number of rotatable bonds is 2. The van der Waals surface area contributed by atoms with E-state index >= 15 is 0 Å². The van der Waals surface area contributed by atoms with Crippen LogP contribution in [0.1, 0.15) is 44.4 Å². The van der Waals surface area contributed by atoms with Crippen molar-refractivity contribution >= 4 is 0 Å². The molecule has 148 valence electrons. The van der Waals surface area contributed by atoms with Crippen LogP contribution in [0.15, 0.2) is 78.9 Å². The van der Waals surface area contributed by atoms with Gasteiger partial charge in [0.1, 0.15) is 12.3 Å². The summed E-state index contributed by atoms with van der Waals surface area (Å²) >= 11 is 0. The van der Waals surface area contributed by atoms with Crippen LogP contribution in [0.5, 0.6) is 0 Å². The topological polar surface area (TPSA) is 12.5 Å². The molecule has 1 saturated heterocycles. The summed E-state index contributed by atoms with van der Waals surface area (Å²) in [6.07, 6.45) is 0.183. The molecular formula is C27H29NO. The summed E-state index contributed by atoms with van der Waals surface area (Å²) in [7, 11) is 0. The van der Waals surface area contributed by atoms with Gasteiger partial charge in [-0.15, -0.1) is 0 Å². The van der Waals surface area contributed by atoms with Crippen molar-refractivity contribution in [1.82, 2.24) is 4.90 Å². The Hall–Kier alpha value is -2.42. The monoisotopic (exact) mass is 383 g/mol. The first-order chi connectivity index (χ1) is 14.0. The molecule has 0 N–H and O–H groups in total. The maximum Gasteiger partial charge on any atom is 0.101 e. The number of benzene rings is 3. The highest BCUT2D eigenvalue weighted by Gasteiger charge is 2.54. The van der Waals surface area contributed by atoms with E-state index in [2.05, 4.69) is 111 Å². The van der Waals surface area contributed by atoms with E-state index < -0.39 is 0 Å². The van der Waals surface area contributed by atoms with E-state index in [1.54, 1.807) is 0 Å². The van der Waals surface area contributed by atoms with Gasteiger partial charge in [0.2, 0.25) is 0 Å². The molecular weight excluding hydrogens is 354 g/mol. The molecule has 1 fully saturated rings. The summed E-state index contributed by atoms with van der Waals surface area (Å²) in [6, 6.07) is 29.0. The predicted octanol–water partition coefficient (Wildman–Crippen LogP) is 6.05. The molecule has 1 heterocycles. The second-order valence-corrected chi connectivity index (χ2v) is 9.46. The number of nitrogens with zero attached hydrogens (tertiary/aromatic N) is 1. The molecule has 0 spiro atoms. The van der Waals surface area contributed by atoms with Crippen LogP contribution in [0.4, 0.5) is 0 Å². The van der Waals surface area contributed by atoms with Crippen LogP contribution in [0.2, 0.25) is 0 Å². The molecule has 29 heavy (non-hydrogen) atoms. The molecule has 0 unspecified atom stereocenters. The van der Waals surface area contributed by atoms with Crippen molar-refractivity contribution in [2.24, 2.45) is 5.41 Å². The van der Waals surface area contributed by atoms with Gasteiger partial charge in [0, 0.05) is 6.04 Å². The fourth-order valence-electron chi connectivity index (χ4n) is 5.63. The van der Waals surface area contributed by atoms with Crippen LogP contribution in [-0.4, -0.2) is 23.8 Å². The van der Waals surface area contributed by atoms with Gasteiger partial charge in [-0.25, -0.2) is 0 Å². The van der Waals surface area contributed by atoms with Gasteiger partial charge in [0.25, 0.3) is 0 Å². The van der Waals surface area contributed by atoms with Crippen LogP contribution < -0.4 is 0 Å². The molecule has 3 aromatic carbocycles. The Bertz CT molecular complexity index is 988. The van der Waals surface area contributed by atoms with Gasteiger partial charge in [-0.05, 0) is 40.2 Å². The van der Waals surface area contributed by atoms with E-state index in [0.29, 0.717) is 6.73 Å². The molecule has 0 radical (unpaired) electrons. The second kappa shape index (κ2) is 6.55. The first-order valence-corrected chi connectivity index (χ1v) is 10.6. The summed E-state index contributed by atoms with van der Waals surface area (Å²) in [5, 5.41) is 0. The van der Waals surface area contributed by atoms with E-state index in [0.717, 1.165) is 0 Å². The molecule has 0 aromatic heterocycles. The average molecular weight is 384 g/mol. The quantitative estimate of drug-likeness (QED) is 0.534. The van der Waals surface area contributed by atoms with Crippen LogP contribution in [-0.2, 0) is 10.3 Å². The van der Waals surface area contributed by atoms with E-state index in [-0.39, 0.29) is 23.1 Å². The van der Waals surface area contributed by atoms with Crippen LogP contribution >= 0.6 is 0 Å². The maximum absolute atomic E-state index is 6.46. The normalized spacial score (nSPS) is 23.0. The molecule has 0 amide bonds. The highest BCUT2D eigenvalue weighted by molar-refractivity contribution is 5.83. The Labute approximate surface area is 174 Å². The third kappa shape index (κ3) is 2.56. The van der Waals surface area contributed by atoms with Crippen LogP contribution in [0, 0.1) is 5.41 Å². The van der Waals surface area contributed by atoms with Gasteiger partial charge in [0.15, 0.2) is 0 Å². The smallest absolute Gasteiger partial charge is 0.101 e. The third-order valence-electron chi connectivity index (χ3n) is 6.72. The summed E-state index contributed by atoms with van der Waals surface area (Å²) in [5.74, 6) is 0. The maximum atomic E-state index is 6.46. The van der Waals surface area contributed by atoms with Crippen molar-refractivity contribution in [3.8, 4) is 11.1 Å². The molecule has 5 rings (SSSR count). The minimum Gasteiger partial charge on any atom is -0.361 e. The minimum absolute atomic E-state index is 0.0870. The lowest BCUT2D eigenvalue weighted by Crippen LogP contribution is -2.51. The SMILES string of the molecule is C[C@H]1[C@H](C(C)(C)C)OCN1C1(c2ccccc2)c2ccccc2-c2ccccc21. The molecule has 3 aromatic rings. The van der Waals surface area contributed by atoms with Gasteiger partial charge in [-0.2, -0.15) is 0 Å². The lowest BCUT2D eigenvalue weighted by Gasteiger charge is -2.44. The number of hydrogen-bond acceptors (Lipinski definition) is 2. The van der Waals surface area contributed by atoms with Crippen molar-refractivity contribution in [3.63, 3.8) is 0 Å². The van der Waals surface area contributed by atoms with Gasteiger partial charge in [0.05, 0.1) is 6.10 Å². The molecule has 2 nitrogen and oxygen atoms in total. The van der Waals surface area contributed by atoms with Crippen molar-refractivity contribution in [2.75, 3.05) is 6.73 Å². The zero-order valence-corrected chi connectivity index (χ0v) is 17.7. The number of fused-ring (bicyclic) bond motifs is 3. The van der Waals surface area contributed by atoms with Crippen molar-refractivity contribution in [1.29, 1.82) is 0 Å². The second-order valence-electron chi connectivity index (χ2n) is 9.46. The van der Waals surface area contributed by atoms with Crippen molar-refractivity contribution in [3.05, 3.63) is 95.6 Å². The predicted molar refractivity (Wildman–Crippen MR) is 119 cm³/mol. The number of ether oxygens (including phenoxy) is 1. The Morgan fingerprint density at radius 2 is 1.31 bits per heavy atom. The van der Waals surface area contributed by atoms with Crippen LogP contribution in [0.25, 0.3) is 11.1 Å². The summed E-state index contributed by atoms with van der Waals surface area (Å²) in [5.41, 5.74) is 6.44. The van der Waals surface area contributed by atoms with Gasteiger partial charge in [-0.3, -0.25) is 4.90 Å². The molecule has 2 atom stereocenters. The largest absolute Gasteiger partial charge is 0.361 e. The highest BCUT2D eigenvalue weighted by Crippen LogP contribution is 2.56. The first-order valence-electron chi connectivity index (χ1n) is 10.6. The standard InChI is InChI=1S/C27H29NO/c1-19-25(26(2,3)4)29-18-28(19)27(20-12-6-5-7-13-20)23-16-10-8-14-21(23)22-15-9-11-17-24(22)27/h5-17,19,25H,18H2,1-4H3/t19-,25+/m0/s1. The lowest BCUT2D eigenvalue weighted by molar-refractivity contribution is 0.0167. The van der Waals surface area contributed by atoms with Gasteiger partial charge >= 0.3 is 0 Å². The zero-order valence-electron chi connectivity index (χ0n) is 17.7. The van der Waals surface area contributed by atoms with Gasteiger partial charge < -0.3 is 4.74 Å². The summed E-state index contributed by atoms with van der Waals surface area (Å²) in [6.45, 7) is 9.80. The molecule has 1 aliphatic carbocycles. The Kier molecular flexibility index (Phi) is 4.20. The molecule has 2 aliphatic rings. The Morgan fingerprint density at radius 1 is 0.793 bits per heavy atom. The molecule has 0 saturated carbocycles. The summed E-state index contributed by atoms with van der Waals surface area (Å²) < 4.78 is 6.46. The highest BCUT2D eigenvalue weighted by atomic mass is 16.5. The van der Waals surface area contributed by atoms with Crippen LogP contribution in [0.3, 0.4) is 0 Å². The lowest BCUT2D eigenvalue weighted by atomic mass is 9.77. The number of hydrogen-bond donors (Lipinski definition) is 0. The Morgan fingerprint density at radius 3 is 1.83 bits per heavy atom. The van der Waals surface area contributed by atoms with E-state index in [4.69, 9.17) is 4.74 Å². The van der Waals surface area contributed by atoms with Crippen molar-refractivity contribution in [2.45, 2.75) is 45.4 Å². The van der Waals surface area contributed by atoms with Gasteiger partial charge in [-0.1, -0.05) is 99.6 Å². The molecule has 1 aliphatic heterocycles. The Balaban J connectivity index is 1.81. The summed E-state index contributed by atoms with van der Waals surface area (Å²) in [4.78, 5) is 2.59. The average Bonchev–Trinajstić information content (AvgIpc) is 3.25. The zero-order chi connectivity index (χ0) is 20.2.